The third-order valence-corrected chi connectivity index (χ3v) is 17.5. The number of hydrogen-bond acceptors (Lipinski definition) is 5. The van der Waals surface area contributed by atoms with Crippen LogP contribution in [0, 0.1) is 0 Å². The molecule has 3 heterocycles. The molecule has 0 radical (unpaired) electrons. The van der Waals surface area contributed by atoms with Crippen molar-refractivity contribution in [3.8, 4) is 11.1 Å². The van der Waals surface area contributed by atoms with E-state index >= 15 is 0 Å². The second-order valence-corrected chi connectivity index (χ2v) is 24.6. The van der Waals surface area contributed by atoms with Gasteiger partial charge in [0.25, 0.3) is 0 Å². The van der Waals surface area contributed by atoms with Gasteiger partial charge in [-0.3, -0.25) is 0 Å². The van der Waals surface area contributed by atoms with E-state index in [4.69, 9.17) is 13.3 Å². The average Bonchev–Trinajstić information content (AvgIpc) is 4.33. The number of hydrogen-bond donors (Lipinski definition) is 0. The number of rotatable bonds is 8. The number of para-hydroxylation sites is 6. The summed E-state index contributed by atoms with van der Waals surface area (Å²) in [5, 5.41) is 10.7. The molecule has 3 aromatic heterocycles. The predicted molar refractivity (Wildman–Crippen MR) is 341 cm³/mol. The van der Waals surface area contributed by atoms with Gasteiger partial charge >= 0.3 is 0 Å². The van der Waals surface area contributed by atoms with Gasteiger partial charge in [0, 0.05) is 76.2 Å². The van der Waals surface area contributed by atoms with Crippen LogP contribution in [0.2, 0.25) is 0 Å². The Morgan fingerprint density at radius 3 is 1.22 bits per heavy atom. The maximum atomic E-state index is 7.42. The molecule has 15 rings (SSSR count). The first kappa shape index (κ1) is 49.0. The Labute approximate surface area is 472 Å². The lowest BCUT2D eigenvalue weighted by atomic mass is 9.83. The molecule has 396 valence electrons. The zero-order chi connectivity index (χ0) is 54.7. The Balaban J connectivity index is 1.05. The first-order valence-electron chi connectivity index (χ1n) is 29.0. The van der Waals surface area contributed by atoms with E-state index in [0.29, 0.717) is 5.92 Å². The van der Waals surface area contributed by atoms with Crippen LogP contribution in [-0.4, -0.2) is 0 Å². The van der Waals surface area contributed by atoms with Crippen molar-refractivity contribution in [3.63, 3.8) is 0 Å². The molecule has 1 aliphatic rings. The van der Waals surface area contributed by atoms with Gasteiger partial charge < -0.3 is 23.1 Å². The smallest absolute Gasteiger partial charge is 0.159 e. The average molecular weight is 1050 g/mol. The van der Waals surface area contributed by atoms with Gasteiger partial charge in [0.2, 0.25) is 0 Å². The number of benzene rings is 11. The standard InChI is InChI=1S/C76H64N2O3/c1-75(2,3)61-39-21-35-55-57-37-23-43-65(73(57)80-71(55)61)77(63-41-19-17-29-49(63)47-25-9-7-10-26-47)67-45-59-60-46-68(52-32-14-16-34-54(52)70(60)79-69(59)53-33-15-13-31-51(53)67)78(64-42-20-18-30-50(64)48-27-11-8-12-28-48)66-44-24-38-58-56-36-22-40-62(76(4,5)6)72(56)81-74(58)66/h7,9-10,13-26,29-46,48H,8,11-12,27-28H2,1-6H3. The van der Waals surface area contributed by atoms with Gasteiger partial charge in [0.05, 0.1) is 28.4 Å². The van der Waals surface area contributed by atoms with Crippen molar-refractivity contribution in [2.45, 2.75) is 90.4 Å². The van der Waals surface area contributed by atoms with Crippen LogP contribution in [0.3, 0.4) is 0 Å². The second kappa shape index (κ2) is 18.8. The Morgan fingerprint density at radius 1 is 0.309 bits per heavy atom. The van der Waals surface area contributed by atoms with Crippen molar-refractivity contribution in [1.82, 2.24) is 0 Å². The highest BCUT2D eigenvalue weighted by molar-refractivity contribution is 6.26. The Kier molecular flexibility index (Phi) is 11.4. The molecule has 14 aromatic rings. The first-order valence-corrected chi connectivity index (χ1v) is 29.0. The van der Waals surface area contributed by atoms with Gasteiger partial charge in [-0.15, -0.1) is 0 Å². The van der Waals surface area contributed by atoms with Crippen molar-refractivity contribution in [1.29, 1.82) is 0 Å². The summed E-state index contributed by atoms with van der Waals surface area (Å²) in [6, 6.07) is 77.7. The topological polar surface area (TPSA) is 45.9 Å². The lowest BCUT2D eigenvalue weighted by Crippen LogP contribution is -2.15. The lowest BCUT2D eigenvalue weighted by Gasteiger charge is -2.32. The van der Waals surface area contributed by atoms with E-state index in [1.54, 1.807) is 0 Å². The first-order chi connectivity index (χ1) is 39.5. The molecule has 0 aliphatic heterocycles. The summed E-state index contributed by atoms with van der Waals surface area (Å²) in [5.74, 6) is 0.430. The molecule has 0 N–H and O–H groups in total. The van der Waals surface area contributed by atoms with Gasteiger partial charge in [-0.2, -0.15) is 0 Å². The van der Waals surface area contributed by atoms with Crippen LogP contribution in [0.5, 0.6) is 0 Å². The van der Waals surface area contributed by atoms with Gasteiger partial charge in [0.1, 0.15) is 22.3 Å². The number of anilines is 6. The van der Waals surface area contributed by atoms with E-state index < -0.39 is 0 Å². The summed E-state index contributed by atoms with van der Waals surface area (Å²) >= 11 is 0. The zero-order valence-corrected chi connectivity index (χ0v) is 46.9. The second-order valence-electron chi connectivity index (χ2n) is 24.6. The van der Waals surface area contributed by atoms with E-state index in [-0.39, 0.29) is 10.8 Å². The molecule has 1 aliphatic carbocycles. The Hall–Kier alpha value is -9.06. The third kappa shape index (κ3) is 7.87. The van der Waals surface area contributed by atoms with Gasteiger partial charge in [-0.05, 0) is 77.1 Å². The van der Waals surface area contributed by atoms with Crippen LogP contribution in [0.4, 0.5) is 34.1 Å². The number of fused-ring (bicyclic) bond motifs is 13. The maximum Gasteiger partial charge on any atom is 0.159 e. The van der Waals surface area contributed by atoms with Crippen LogP contribution in [-0.2, 0) is 10.8 Å². The maximum absolute atomic E-state index is 7.42. The van der Waals surface area contributed by atoms with E-state index in [2.05, 4.69) is 264 Å². The summed E-state index contributed by atoms with van der Waals surface area (Å²) in [6.45, 7) is 13.6. The van der Waals surface area contributed by atoms with Crippen LogP contribution < -0.4 is 9.80 Å². The molecular weight excluding hydrogens is 989 g/mol. The molecule has 5 heteroatoms. The van der Waals surface area contributed by atoms with Crippen molar-refractivity contribution in [2.75, 3.05) is 9.80 Å². The zero-order valence-electron chi connectivity index (χ0n) is 46.9. The molecule has 11 aromatic carbocycles. The number of furan rings is 3. The highest BCUT2D eigenvalue weighted by Crippen LogP contribution is 2.54. The Bertz CT molecular complexity index is 4780. The molecule has 0 bridgehead atoms. The predicted octanol–water partition coefficient (Wildman–Crippen LogP) is 22.9. The summed E-state index contributed by atoms with van der Waals surface area (Å²) in [7, 11) is 0. The lowest BCUT2D eigenvalue weighted by molar-refractivity contribution is 0.444. The molecule has 0 spiro atoms. The minimum atomic E-state index is -0.137. The summed E-state index contributed by atoms with van der Waals surface area (Å²) in [6.07, 6.45) is 6.08. The summed E-state index contributed by atoms with van der Waals surface area (Å²) < 4.78 is 22.0. The van der Waals surface area contributed by atoms with Crippen molar-refractivity contribution in [2.24, 2.45) is 0 Å². The minimum Gasteiger partial charge on any atom is -0.455 e. The molecule has 0 amide bonds. The van der Waals surface area contributed by atoms with E-state index in [9.17, 15) is 0 Å². The molecular formula is C76H64N2O3. The summed E-state index contributed by atoms with van der Waals surface area (Å²) in [5.41, 5.74) is 17.3. The molecule has 0 unspecified atom stereocenters. The van der Waals surface area contributed by atoms with Crippen molar-refractivity contribution >= 4 is 121 Å². The molecule has 1 saturated carbocycles. The fourth-order valence-corrected chi connectivity index (χ4v) is 13.7. The third-order valence-electron chi connectivity index (χ3n) is 17.5. The van der Waals surface area contributed by atoms with Crippen LogP contribution in [0.1, 0.15) is 96.3 Å². The molecule has 81 heavy (non-hydrogen) atoms. The Morgan fingerprint density at radius 2 is 0.691 bits per heavy atom. The fraction of sp³-hybridized carbons (Fsp3) is 0.184. The van der Waals surface area contributed by atoms with E-state index in [1.807, 2.05) is 0 Å². The van der Waals surface area contributed by atoms with Crippen LogP contribution in [0.15, 0.2) is 226 Å². The highest BCUT2D eigenvalue weighted by Gasteiger charge is 2.32. The monoisotopic (exact) mass is 1050 g/mol. The normalized spacial score (nSPS) is 13.8. The highest BCUT2D eigenvalue weighted by atomic mass is 16.3. The molecule has 0 atom stereocenters. The van der Waals surface area contributed by atoms with Crippen LogP contribution >= 0.6 is 0 Å². The van der Waals surface area contributed by atoms with Crippen molar-refractivity contribution in [3.05, 3.63) is 229 Å². The largest absolute Gasteiger partial charge is 0.455 e. The summed E-state index contributed by atoms with van der Waals surface area (Å²) in [4.78, 5) is 4.98. The van der Waals surface area contributed by atoms with E-state index in [0.717, 1.165) is 127 Å². The minimum absolute atomic E-state index is 0.124. The SMILES string of the molecule is CC(C)(C)c1cccc2c1oc1c(N(c3ccccc3-c3ccccc3)c3cc4c5cc(N(c6ccccc6C6CCCCC6)c6cccc7c6oc6c(C(C)(C)C)cccc67)c6ccccc6c5oc4c4ccccc34)cccc12. The molecule has 5 nitrogen and oxygen atoms in total. The van der Waals surface area contributed by atoms with Crippen molar-refractivity contribution < 1.29 is 13.3 Å². The molecule has 0 saturated heterocycles. The molecule has 1 fully saturated rings. The van der Waals surface area contributed by atoms with E-state index in [1.165, 1.54) is 54.5 Å². The number of nitrogens with zero attached hydrogens (tertiary/aromatic N) is 2. The van der Waals surface area contributed by atoms with Gasteiger partial charge in [-0.1, -0.05) is 237 Å². The van der Waals surface area contributed by atoms with Gasteiger partial charge in [-0.25, -0.2) is 0 Å². The van der Waals surface area contributed by atoms with Crippen LogP contribution in [0.25, 0.3) is 98.5 Å². The fourth-order valence-electron chi connectivity index (χ4n) is 13.7. The quantitative estimate of drug-likeness (QED) is 0.152. The van der Waals surface area contributed by atoms with Gasteiger partial charge in [0.15, 0.2) is 11.2 Å².